The summed E-state index contributed by atoms with van der Waals surface area (Å²) in [6.07, 6.45) is 0. The first kappa shape index (κ1) is 21.1. The highest BCUT2D eigenvalue weighted by molar-refractivity contribution is 7.98. The molecule has 0 unspecified atom stereocenters. The zero-order valence-electron chi connectivity index (χ0n) is 17.0. The van der Waals surface area contributed by atoms with Gasteiger partial charge in [0.1, 0.15) is 11.5 Å². The lowest BCUT2D eigenvalue weighted by atomic mass is 10.1. The number of ether oxygens (including phenoxy) is 1. The van der Waals surface area contributed by atoms with E-state index in [4.69, 9.17) is 9.72 Å². The molecule has 0 spiro atoms. The average Bonchev–Trinajstić information content (AvgIpc) is 3.28. The highest BCUT2D eigenvalue weighted by atomic mass is 32.2. The molecule has 2 aromatic heterocycles. The van der Waals surface area contributed by atoms with Crippen LogP contribution in [-0.4, -0.2) is 27.6 Å². The molecule has 2 aromatic carbocycles. The third kappa shape index (κ3) is 4.50. The second kappa shape index (κ2) is 8.95. The van der Waals surface area contributed by atoms with Gasteiger partial charge >= 0.3 is 0 Å². The fraction of sp³-hybridized carbons (Fsp3) is 0.174. The highest BCUT2D eigenvalue weighted by Gasteiger charge is 2.15. The molecule has 6 nitrogen and oxygen atoms in total. The molecule has 0 bridgehead atoms. The molecule has 0 atom stereocenters. The molecule has 0 saturated carbocycles. The van der Waals surface area contributed by atoms with Crippen molar-refractivity contribution < 1.29 is 14.6 Å². The first-order valence-electron chi connectivity index (χ1n) is 9.53. The number of aromatic hydroxyl groups is 1. The largest absolute Gasteiger partial charge is 0.508 e. The summed E-state index contributed by atoms with van der Waals surface area (Å²) in [7, 11) is 1.59. The van der Waals surface area contributed by atoms with E-state index < -0.39 is 0 Å². The second-order valence-corrected chi connectivity index (χ2v) is 8.91. The number of fused-ring (bicyclic) bond motifs is 1. The second-order valence-electron chi connectivity index (χ2n) is 6.94. The Balaban J connectivity index is 1.76. The summed E-state index contributed by atoms with van der Waals surface area (Å²) in [5.41, 5.74) is 1.77. The zero-order chi connectivity index (χ0) is 22.0. The number of thiophene rings is 1. The maximum absolute atomic E-state index is 13.2. The summed E-state index contributed by atoms with van der Waals surface area (Å²) in [4.78, 5) is 30.8. The van der Waals surface area contributed by atoms with E-state index >= 15 is 0 Å². The van der Waals surface area contributed by atoms with Gasteiger partial charge in [0.25, 0.3) is 5.56 Å². The molecule has 8 heteroatoms. The van der Waals surface area contributed by atoms with E-state index in [1.165, 1.54) is 30.8 Å². The van der Waals surface area contributed by atoms with E-state index in [0.717, 1.165) is 10.4 Å². The molecule has 0 fully saturated rings. The predicted molar refractivity (Wildman–Crippen MR) is 124 cm³/mol. The lowest BCUT2D eigenvalue weighted by molar-refractivity contribution is 0.101. The molecule has 4 aromatic rings. The monoisotopic (exact) mass is 452 g/mol. The minimum atomic E-state index is -0.207. The SMILES string of the molecule is COc1ccc(C(C)=O)cc1CSc1nc2ccc(O)cc2c(=O)n1Cc1cccs1. The first-order chi connectivity index (χ1) is 15.0. The van der Waals surface area contributed by atoms with Crippen LogP contribution in [0.3, 0.4) is 0 Å². The van der Waals surface area contributed by atoms with Gasteiger partial charge in [-0.25, -0.2) is 4.98 Å². The number of hydrogen-bond acceptors (Lipinski definition) is 7. The van der Waals surface area contributed by atoms with Crippen LogP contribution in [0.25, 0.3) is 10.9 Å². The van der Waals surface area contributed by atoms with Gasteiger partial charge in [0, 0.05) is 21.8 Å². The van der Waals surface area contributed by atoms with Crippen molar-refractivity contribution in [3.05, 3.63) is 80.3 Å². The van der Waals surface area contributed by atoms with Gasteiger partial charge in [-0.15, -0.1) is 11.3 Å². The average molecular weight is 453 g/mol. The third-order valence-electron chi connectivity index (χ3n) is 4.84. The number of benzene rings is 2. The van der Waals surface area contributed by atoms with Crippen LogP contribution in [-0.2, 0) is 12.3 Å². The van der Waals surface area contributed by atoms with E-state index in [9.17, 15) is 14.7 Å². The molecule has 0 aliphatic rings. The van der Waals surface area contributed by atoms with Crippen LogP contribution in [0.2, 0.25) is 0 Å². The Morgan fingerprint density at radius 1 is 1.23 bits per heavy atom. The first-order valence-corrected chi connectivity index (χ1v) is 11.4. The van der Waals surface area contributed by atoms with Crippen LogP contribution < -0.4 is 10.3 Å². The number of methoxy groups -OCH3 is 1. The summed E-state index contributed by atoms with van der Waals surface area (Å²) in [6, 6.07) is 13.9. The lowest BCUT2D eigenvalue weighted by Crippen LogP contribution is -2.23. The van der Waals surface area contributed by atoms with Gasteiger partial charge in [-0.3, -0.25) is 14.2 Å². The number of phenols is 1. The van der Waals surface area contributed by atoms with Crippen molar-refractivity contribution in [1.82, 2.24) is 9.55 Å². The molecule has 158 valence electrons. The van der Waals surface area contributed by atoms with E-state index in [-0.39, 0.29) is 17.1 Å². The Labute approximate surface area is 187 Å². The summed E-state index contributed by atoms with van der Waals surface area (Å²) >= 11 is 2.97. The highest BCUT2D eigenvalue weighted by Crippen LogP contribution is 2.29. The number of nitrogens with zero attached hydrogens (tertiary/aromatic N) is 2. The molecule has 2 heterocycles. The molecule has 31 heavy (non-hydrogen) atoms. The zero-order valence-corrected chi connectivity index (χ0v) is 18.6. The Morgan fingerprint density at radius 3 is 2.77 bits per heavy atom. The van der Waals surface area contributed by atoms with Gasteiger partial charge in [-0.2, -0.15) is 0 Å². The number of aromatic nitrogens is 2. The number of carbonyl (C=O) groups is 1. The van der Waals surface area contributed by atoms with Crippen LogP contribution in [0.1, 0.15) is 27.7 Å². The molecule has 0 radical (unpaired) electrons. The summed E-state index contributed by atoms with van der Waals surface area (Å²) < 4.78 is 7.08. The molecule has 1 N–H and O–H groups in total. The number of hydrogen-bond donors (Lipinski definition) is 1. The minimum Gasteiger partial charge on any atom is -0.508 e. The Bertz CT molecular complexity index is 1310. The van der Waals surface area contributed by atoms with E-state index in [0.29, 0.717) is 39.7 Å². The van der Waals surface area contributed by atoms with Gasteiger partial charge in [-0.05, 0) is 54.8 Å². The fourth-order valence-electron chi connectivity index (χ4n) is 3.25. The van der Waals surface area contributed by atoms with Crippen molar-refractivity contribution >= 4 is 39.8 Å². The minimum absolute atomic E-state index is 0.0212. The maximum Gasteiger partial charge on any atom is 0.262 e. The summed E-state index contributed by atoms with van der Waals surface area (Å²) in [6.45, 7) is 1.92. The van der Waals surface area contributed by atoms with Crippen LogP contribution in [0.4, 0.5) is 0 Å². The van der Waals surface area contributed by atoms with Gasteiger partial charge in [-0.1, -0.05) is 17.8 Å². The number of thioether (sulfide) groups is 1. The van der Waals surface area contributed by atoms with Crippen molar-refractivity contribution in [2.75, 3.05) is 7.11 Å². The third-order valence-corrected chi connectivity index (χ3v) is 6.73. The Hall–Kier alpha value is -3.10. The number of ketones is 1. The molecule has 0 aliphatic carbocycles. The van der Waals surface area contributed by atoms with Crippen molar-refractivity contribution in [3.8, 4) is 11.5 Å². The van der Waals surface area contributed by atoms with Crippen LogP contribution in [0.15, 0.2) is 63.9 Å². The summed E-state index contributed by atoms with van der Waals surface area (Å²) in [5.74, 6) is 1.16. The molecule has 0 aliphatic heterocycles. The molecular weight excluding hydrogens is 432 g/mol. The normalized spacial score (nSPS) is 11.0. The number of Topliss-reactive ketones (excluding diaryl/α,β-unsaturated/α-hetero) is 1. The molecule has 0 amide bonds. The number of rotatable bonds is 7. The molecule has 4 rings (SSSR count). The molecular formula is C23H20N2O4S2. The van der Waals surface area contributed by atoms with Crippen LogP contribution in [0, 0.1) is 0 Å². The van der Waals surface area contributed by atoms with E-state index in [1.807, 2.05) is 23.6 Å². The topological polar surface area (TPSA) is 81.4 Å². The van der Waals surface area contributed by atoms with Crippen molar-refractivity contribution in [2.45, 2.75) is 24.4 Å². The fourth-order valence-corrected chi connectivity index (χ4v) is 4.92. The van der Waals surface area contributed by atoms with Crippen molar-refractivity contribution in [2.24, 2.45) is 0 Å². The summed E-state index contributed by atoms with van der Waals surface area (Å²) in [5, 5.41) is 12.7. The predicted octanol–water partition coefficient (Wildman–Crippen LogP) is 4.72. The van der Waals surface area contributed by atoms with E-state index in [2.05, 4.69) is 0 Å². The number of carbonyl (C=O) groups excluding carboxylic acids is 1. The van der Waals surface area contributed by atoms with Crippen molar-refractivity contribution in [3.63, 3.8) is 0 Å². The van der Waals surface area contributed by atoms with Crippen molar-refractivity contribution in [1.29, 1.82) is 0 Å². The van der Waals surface area contributed by atoms with Gasteiger partial charge in [0.2, 0.25) is 0 Å². The Kier molecular flexibility index (Phi) is 6.11. The molecule has 0 saturated heterocycles. The van der Waals surface area contributed by atoms with Gasteiger partial charge in [0.15, 0.2) is 10.9 Å². The van der Waals surface area contributed by atoms with Crippen LogP contribution >= 0.6 is 23.1 Å². The van der Waals surface area contributed by atoms with Crippen LogP contribution in [0.5, 0.6) is 11.5 Å². The standard InChI is InChI=1S/C23H20N2O4S2/c1-14(26)15-5-8-21(29-2)16(10-15)13-31-23-24-20-7-6-17(27)11-19(20)22(28)25(23)12-18-4-3-9-30-18/h3-11,27H,12-13H2,1-2H3. The van der Waals surface area contributed by atoms with Gasteiger partial charge < -0.3 is 9.84 Å². The van der Waals surface area contributed by atoms with E-state index in [1.54, 1.807) is 41.2 Å². The maximum atomic E-state index is 13.2. The van der Waals surface area contributed by atoms with Gasteiger partial charge in [0.05, 0.1) is 24.6 Å². The quantitative estimate of drug-likeness (QED) is 0.248. The smallest absolute Gasteiger partial charge is 0.262 e. The lowest BCUT2D eigenvalue weighted by Gasteiger charge is -2.14. The number of phenolic OH excluding ortho intramolecular Hbond substituents is 1. The Morgan fingerprint density at radius 2 is 2.06 bits per heavy atom.